The number of rotatable bonds is 3. The summed E-state index contributed by atoms with van der Waals surface area (Å²) in [4.78, 5) is 0. The summed E-state index contributed by atoms with van der Waals surface area (Å²) in [6.45, 7) is 2.97. The van der Waals surface area contributed by atoms with Crippen LogP contribution in [0.15, 0.2) is 0 Å². The van der Waals surface area contributed by atoms with Crippen LogP contribution in [-0.4, -0.2) is 33.4 Å². The van der Waals surface area contributed by atoms with Crippen LogP contribution in [0.3, 0.4) is 0 Å². The van der Waals surface area contributed by atoms with Gasteiger partial charge in [0.2, 0.25) is 10.0 Å². The average molecular weight is 193 g/mol. The number of hydrogen-bond acceptors (Lipinski definition) is 3. The summed E-state index contributed by atoms with van der Waals surface area (Å²) in [7, 11) is -3.02. The molecule has 0 saturated carbocycles. The highest BCUT2D eigenvalue weighted by Gasteiger charge is 2.18. The van der Waals surface area contributed by atoms with Crippen molar-refractivity contribution in [1.29, 1.82) is 0 Å². The van der Waals surface area contributed by atoms with Crippen molar-refractivity contribution in [3.05, 3.63) is 0 Å². The fourth-order valence-corrected chi connectivity index (χ4v) is 2.06. The lowest BCUT2D eigenvalue weighted by molar-refractivity contribution is 0.0832. The maximum atomic E-state index is 11.1. The van der Waals surface area contributed by atoms with Gasteiger partial charge in [-0.25, -0.2) is 13.1 Å². The lowest BCUT2D eigenvalue weighted by Crippen LogP contribution is -2.39. The van der Waals surface area contributed by atoms with E-state index in [1.807, 2.05) is 0 Å². The predicted molar refractivity (Wildman–Crippen MR) is 46.4 cm³/mol. The van der Waals surface area contributed by atoms with Crippen LogP contribution in [0.25, 0.3) is 0 Å². The van der Waals surface area contributed by atoms with Crippen molar-refractivity contribution in [1.82, 2.24) is 4.72 Å². The highest BCUT2D eigenvalue weighted by Crippen LogP contribution is 2.07. The van der Waals surface area contributed by atoms with Crippen LogP contribution in [0.5, 0.6) is 0 Å². The van der Waals surface area contributed by atoms with Crippen LogP contribution in [0, 0.1) is 0 Å². The number of sulfonamides is 1. The zero-order valence-electron chi connectivity index (χ0n) is 7.25. The number of nitrogens with one attached hydrogen (secondary N) is 1. The van der Waals surface area contributed by atoms with E-state index in [1.165, 1.54) is 0 Å². The second-order valence-corrected chi connectivity index (χ2v) is 4.95. The van der Waals surface area contributed by atoms with Crippen molar-refractivity contribution in [2.75, 3.05) is 19.0 Å². The van der Waals surface area contributed by atoms with Gasteiger partial charge in [-0.3, -0.25) is 0 Å². The summed E-state index contributed by atoms with van der Waals surface area (Å²) in [5, 5.41) is 0. The Morgan fingerprint density at radius 3 is 2.50 bits per heavy atom. The second kappa shape index (κ2) is 4.20. The highest BCUT2D eigenvalue weighted by atomic mass is 32.2. The van der Waals surface area contributed by atoms with Crippen LogP contribution < -0.4 is 4.72 Å². The van der Waals surface area contributed by atoms with Gasteiger partial charge in [-0.15, -0.1) is 0 Å². The largest absolute Gasteiger partial charge is 0.381 e. The standard InChI is InChI=1S/C7H15NO3S/c1-2-12(9,10)8-7-3-5-11-6-4-7/h7-8H,2-6H2,1H3. The summed E-state index contributed by atoms with van der Waals surface area (Å²) in [6, 6.07) is 0.0868. The Balaban J connectivity index is 2.39. The van der Waals surface area contributed by atoms with Gasteiger partial charge >= 0.3 is 0 Å². The first-order valence-corrected chi connectivity index (χ1v) is 5.87. The Bertz CT molecular complexity index is 219. The molecule has 0 radical (unpaired) electrons. The first kappa shape index (κ1) is 9.95. The van der Waals surface area contributed by atoms with Crippen molar-refractivity contribution in [3.8, 4) is 0 Å². The molecule has 0 aromatic heterocycles. The fourth-order valence-electron chi connectivity index (χ4n) is 1.15. The molecule has 0 atom stereocenters. The van der Waals surface area contributed by atoms with Gasteiger partial charge in [-0.1, -0.05) is 0 Å². The third-order valence-electron chi connectivity index (χ3n) is 1.95. The fraction of sp³-hybridized carbons (Fsp3) is 1.00. The molecule has 1 rings (SSSR count). The smallest absolute Gasteiger partial charge is 0.211 e. The molecular weight excluding hydrogens is 178 g/mol. The van der Waals surface area contributed by atoms with E-state index in [1.54, 1.807) is 6.92 Å². The first-order chi connectivity index (χ1) is 5.64. The molecule has 0 aromatic rings. The molecule has 4 nitrogen and oxygen atoms in total. The highest BCUT2D eigenvalue weighted by molar-refractivity contribution is 7.89. The van der Waals surface area contributed by atoms with E-state index in [0.29, 0.717) is 13.2 Å². The van der Waals surface area contributed by atoms with Gasteiger partial charge in [-0.05, 0) is 19.8 Å². The minimum atomic E-state index is -3.02. The molecule has 12 heavy (non-hydrogen) atoms. The third-order valence-corrected chi connectivity index (χ3v) is 3.40. The number of ether oxygens (including phenoxy) is 1. The van der Waals surface area contributed by atoms with E-state index in [9.17, 15) is 8.42 Å². The molecule has 1 aliphatic heterocycles. The predicted octanol–water partition coefficient (Wildman–Crippen LogP) is 0.105. The Labute approximate surface area is 73.3 Å². The van der Waals surface area contributed by atoms with Gasteiger partial charge < -0.3 is 4.74 Å². The van der Waals surface area contributed by atoms with Crippen LogP contribution in [0.2, 0.25) is 0 Å². The molecular formula is C7H15NO3S. The van der Waals surface area contributed by atoms with Crippen LogP contribution in [0.1, 0.15) is 19.8 Å². The zero-order valence-corrected chi connectivity index (χ0v) is 8.06. The summed E-state index contributed by atoms with van der Waals surface area (Å²) in [6.07, 6.45) is 1.58. The molecule has 0 aromatic carbocycles. The molecule has 1 aliphatic rings. The Morgan fingerprint density at radius 2 is 2.00 bits per heavy atom. The van der Waals surface area contributed by atoms with Gasteiger partial charge in [0, 0.05) is 19.3 Å². The summed E-state index contributed by atoms with van der Waals surface area (Å²) >= 11 is 0. The second-order valence-electron chi connectivity index (χ2n) is 2.91. The van der Waals surface area contributed by atoms with Gasteiger partial charge in [-0.2, -0.15) is 0 Å². The zero-order chi connectivity index (χ0) is 9.03. The monoisotopic (exact) mass is 193 g/mol. The summed E-state index contributed by atoms with van der Waals surface area (Å²) in [5.74, 6) is 0.157. The Kier molecular flexibility index (Phi) is 3.49. The summed E-state index contributed by atoms with van der Waals surface area (Å²) < 4.78 is 30.0. The molecule has 1 heterocycles. The van der Waals surface area contributed by atoms with E-state index in [-0.39, 0.29) is 11.8 Å². The van der Waals surface area contributed by atoms with E-state index < -0.39 is 10.0 Å². The van der Waals surface area contributed by atoms with Crippen molar-refractivity contribution in [2.45, 2.75) is 25.8 Å². The molecule has 1 fully saturated rings. The molecule has 0 aliphatic carbocycles. The van der Waals surface area contributed by atoms with Crippen molar-refractivity contribution in [3.63, 3.8) is 0 Å². The molecule has 1 N–H and O–H groups in total. The first-order valence-electron chi connectivity index (χ1n) is 4.22. The SMILES string of the molecule is CCS(=O)(=O)NC1CCOCC1. The topological polar surface area (TPSA) is 55.4 Å². The van der Waals surface area contributed by atoms with E-state index in [4.69, 9.17) is 4.74 Å². The van der Waals surface area contributed by atoms with Gasteiger partial charge in [0.25, 0.3) is 0 Å². The van der Waals surface area contributed by atoms with Crippen LogP contribution in [0.4, 0.5) is 0 Å². The maximum Gasteiger partial charge on any atom is 0.211 e. The minimum Gasteiger partial charge on any atom is -0.381 e. The maximum absolute atomic E-state index is 11.1. The van der Waals surface area contributed by atoms with Crippen LogP contribution >= 0.6 is 0 Å². The molecule has 0 amide bonds. The average Bonchev–Trinajstić information content (AvgIpc) is 2.06. The molecule has 0 spiro atoms. The van der Waals surface area contributed by atoms with E-state index in [2.05, 4.69) is 4.72 Å². The minimum absolute atomic E-state index is 0.0868. The Morgan fingerprint density at radius 1 is 1.42 bits per heavy atom. The van der Waals surface area contributed by atoms with Gasteiger partial charge in [0.05, 0.1) is 5.75 Å². The van der Waals surface area contributed by atoms with E-state index >= 15 is 0 Å². The van der Waals surface area contributed by atoms with Crippen LogP contribution in [-0.2, 0) is 14.8 Å². The third kappa shape index (κ3) is 3.08. The lowest BCUT2D eigenvalue weighted by atomic mass is 10.1. The van der Waals surface area contributed by atoms with Gasteiger partial charge in [0.15, 0.2) is 0 Å². The Hall–Kier alpha value is -0.130. The molecule has 5 heteroatoms. The normalized spacial score (nSPS) is 21.1. The quantitative estimate of drug-likeness (QED) is 0.692. The summed E-state index contributed by atoms with van der Waals surface area (Å²) in [5.41, 5.74) is 0. The number of hydrogen-bond donors (Lipinski definition) is 1. The van der Waals surface area contributed by atoms with Gasteiger partial charge in [0.1, 0.15) is 0 Å². The molecule has 0 bridgehead atoms. The van der Waals surface area contributed by atoms with Crippen molar-refractivity contribution in [2.24, 2.45) is 0 Å². The molecule has 1 saturated heterocycles. The van der Waals surface area contributed by atoms with E-state index in [0.717, 1.165) is 12.8 Å². The van der Waals surface area contributed by atoms with Crippen molar-refractivity contribution < 1.29 is 13.2 Å². The van der Waals surface area contributed by atoms with Crippen molar-refractivity contribution >= 4 is 10.0 Å². The molecule has 72 valence electrons. The molecule has 0 unspecified atom stereocenters. The lowest BCUT2D eigenvalue weighted by Gasteiger charge is -2.22.